The molecule has 1 aliphatic rings. The average Bonchev–Trinajstić information content (AvgIpc) is 2.92. The third-order valence-electron chi connectivity index (χ3n) is 3.80. The van der Waals surface area contributed by atoms with E-state index in [1.54, 1.807) is 4.31 Å². The van der Waals surface area contributed by atoms with Crippen molar-refractivity contribution in [2.75, 3.05) is 45.9 Å². The van der Waals surface area contributed by atoms with E-state index in [2.05, 4.69) is 32.6 Å². The van der Waals surface area contributed by atoms with Gasteiger partial charge in [0.15, 0.2) is 0 Å². The van der Waals surface area contributed by atoms with Crippen LogP contribution >= 0.6 is 0 Å². The minimum Gasteiger partial charge on any atom is -0.380 e. The normalized spacial score (nSPS) is 20.4. The van der Waals surface area contributed by atoms with E-state index in [9.17, 15) is 8.42 Å². The number of hydrogen-bond donors (Lipinski definition) is 0. The van der Waals surface area contributed by atoms with Crippen molar-refractivity contribution >= 4 is 10.0 Å². The standard InChI is InChI=1S/C14H30N2O3S/c1-5-15(6-2)8-9-16(11-13(3)4)20(17,18)14-7-10-19-12-14/h13-14H,5-12H2,1-4H3. The molecular formula is C14H30N2O3S. The molecule has 1 atom stereocenters. The lowest BCUT2D eigenvalue weighted by Crippen LogP contribution is -2.44. The number of hydrogen-bond acceptors (Lipinski definition) is 4. The lowest BCUT2D eigenvalue weighted by molar-refractivity contribution is 0.197. The van der Waals surface area contributed by atoms with Crippen molar-refractivity contribution in [3.63, 3.8) is 0 Å². The molecule has 0 aromatic carbocycles. The smallest absolute Gasteiger partial charge is 0.219 e. The molecule has 1 rings (SSSR count). The maximum atomic E-state index is 12.7. The second-order valence-electron chi connectivity index (χ2n) is 5.81. The zero-order valence-electron chi connectivity index (χ0n) is 13.3. The monoisotopic (exact) mass is 306 g/mol. The zero-order valence-corrected chi connectivity index (χ0v) is 14.2. The molecule has 0 aromatic heterocycles. The van der Waals surface area contributed by atoms with E-state index in [1.807, 2.05) is 0 Å². The van der Waals surface area contributed by atoms with Gasteiger partial charge in [-0.3, -0.25) is 0 Å². The van der Waals surface area contributed by atoms with E-state index in [0.29, 0.717) is 38.6 Å². The molecule has 1 unspecified atom stereocenters. The minimum atomic E-state index is -3.23. The SMILES string of the molecule is CCN(CC)CCN(CC(C)C)S(=O)(=O)C1CCOC1. The summed E-state index contributed by atoms with van der Waals surface area (Å²) in [6.07, 6.45) is 0.627. The van der Waals surface area contributed by atoms with E-state index < -0.39 is 10.0 Å². The topological polar surface area (TPSA) is 49.9 Å². The lowest BCUT2D eigenvalue weighted by atomic mass is 10.2. The first-order valence-corrected chi connectivity index (χ1v) is 9.21. The van der Waals surface area contributed by atoms with Crippen molar-refractivity contribution in [3.05, 3.63) is 0 Å². The summed E-state index contributed by atoms with van der Waals surface area (Å²) in [6, 6.07) is 0. The Morgan fingerprint density at radius 2 is 1.85 bits per heavy atom. The van der Waals surface area contributed by atoms with Crippen LogP contribution in [0.1, 0.15) is 34.1 Å². The average molecular weight is 306 g/mol. The molecular weight excluding hydrogens is 276 g/mol. The lowest BCUT2D eigenvalue weighted by Gasteiger charge is -2.29. The van der Waals surface area contributed by atoms with Gasteiger partial charge in [-0.05, 0) is 25.4 Å². The summed E-state index contributed by atoms with van der Waals surface area (Å²) in [7, 11) is -3.23. The fourth-order valence-corrected chi connectivity index (χ4v) is 4.41. The van der Waals surface area contributed by atoms with Gasteiger partial charge in [-0.25, -0.2) is 12.7 Å². The molecule has 0 saturated carbocycles. The van der Waals surface area contributed by atoms with Crippen molar-refractivity contribution in [1.82, 2.24) is 9.21 Å². The molecule has 5 nitrogen and oxygen atoms in total. The molecule has 20 heavy (non-hydrogen) atoms. The van der Waals surface area contributed by atoms with Crippen LogP contribution in [0.25, 0.3) is 0 Å². The van der Waals surface area contributed by atoms with Gasteiger partial charge in [-0.2, -0.15) is 0 Å². The van der Waals surface area contributed by atoms with Crippen LogP contribution < -0.4 is 0 Å². The van der Waals surface area contributed by atoms with E-state index in [1.165, 1.54) is 0 Å². The van der Waals surface area contributed by atoms with E-state index in [-0.39, 0.29) is 5.25 Å². The minimum absolute atomic E-state index is 0.337. The van der Waals surface area contributed by atoms with Gasteiger partial charge >= 0.3 is 0 Å². The molecule has 1 fully saturated rings. The van der Waals surface area contributed by atoms with Gasteiger partial charge in [0.2, 0.25) is 10.0 Å². The van der Waals surface area contributed by atoms with Gasteiger partial charge in [0.25, 0.3) is 0 Å². The molecule has 0 N–H and O–H groups in total. The highest BCUT2D eigenvalue weighted by Crippen LogP contribution is 2.19. The number of rotatable bonds is 9. The summed E-state index contributed by atoms with van der Waals surface area (Å²) in [5.41, 5.74) is 0. The highest BCUT2D eigenvalue weighted by molar-refractivity contribution is 7.89. The highest BCUT2D eigenvalue weighted by Gasteiger charge is 2.35. The van der Waals surface area contributed by atoms with E-state index in [0.717, 1.165) is 19.6 Å². The number of nitrogens with zero attached hydrogens (tertiary/aromatic N) is 2. The van der Waals surface area contributed by atoms with E-state index in [4.69, 9.17) is 4.74 Å². The van der Waals surface area contributed by atoms with E-state index >= 15 is 0 Å². The van der Waals surface area contributed by atoms with Crippen molar-refractivity contribution in [2.45, 2.75) is 39.4 Å². The molecule has 0 aromatic rings. The summed E-state index contributed by atoms with van der Waals surface area (Å²) in [4.78, 5) is 2.26. The molecule has 0 spiro atoms. The third kappa shape index (κ3) is 4.98. The molecule has 6 heteroatoms. The second-order valence-corrected chi connectivity index (χ2v) is 8.02. The molecule has 120 valence electrons. The van der Waals surface area contributed by atoms with Crippen molar-refractivity contribution in [2.24, 2.45) is 5.92 Å². The van der Waals surface area contributed by atoms with Gasteiger partial charge in [-0.1, -0.05) is 27.7 Å². The summed E-state index contributed by atoms with van der Waals surface area (Å²) >= 11 is 0. The summed E-state index contributed by atoms with van der Waals surface area (Å²) in [5, 5.41) is -0.349. The van der Waals surface area contributed by atoms with Crippen LogP contribution in [-0.4, -0.2) is 68.8 Å². The first-order valence-electron chi connectivity index (χ1n) is 7.70. The van der Waals surface area contributed by atoms with Crippen LogP contribution in [0, 0.1) is 5.92 Å². The Bertz CT molecular complexity index is 361. The molecule has 0 radical (unpaired) electrons. The van der Waals surface area contributed by atoms with Crippen LogP contribution in [-0.2, 0) is 14.8 Å². The van der Waals surface area contributed by atoms with Gasteiger partial charge in [0.05, 0.1) is 6.61 Å². The predicted octanol–water partition coefficient (Wildman–Crippen LogP) is 1.40. The Hall–Kier alpha value is -0.170. The Kier molecular flexibility index (Phi) is 7.43. The predicted molar refractivity (Wildman–Crippen MR) is 82.3 cm³/mol. The molecule has 0 bridgehead atoms. The fraction of sp³-hybridized carbons (Fsp3) is 1.00. The van der Waals surface area contributed by atoms with Gasteiger partial charge in [-0.15, -0.1) is 0 Å². The van der Waals surface area contributed by atoms with Crippen molar-refractivity contribution < 1.29 is 13.2 Å². The Labute approximate surface area is 124 Å². The highest BCUT2D eigenvalue weighted by atomic mass is 32.2. The van der Waals surface area contributed by atoms with Crippen LogP contribution in [0.2, 0.25) is 0 Å². The first-order chi connectivity index (χ1) is 9.41. The largest absolute Gasteiger partial charge is 0.380 e. The number of sulfonamides is 1. The van der Waals surface area contributed by atoms with Crippen LogP contribution in [0.5, 0.6) is 0 Å². The van der Waals surface area contributed by atoms with Crippen molar-refractivity contribution in [1.29, 1.82) is 0 Å². The maximum absolute atomic E-state index is 12.7. The zero-order chi connectivity index (χ0) is 15.2. The van der Waals surface area contributed by atoms with Crippen molar-refractivity contribution in [3.8, 4) is 0 Å². The van der Waals surface area contributed by atoms with Gasteiger partial charge in [0, 0.05) is 26.2 Å². The Morgan fingerprint density at radius 3 is 2.30 bits per heavy atom. The second kappa shape index (κ2) is 8.32. The summed E-state index contributed by atoms with van der Waals surface area (Å²) in [5.74, 6) is 0.337. The van der Waals surface area contributed by atoms with Gasteiger partial charge in [0.1, 0.15) is 5.25 Å². The molecule has 1 aliphatic heterocycles. The van der Waals surface area contributed by atoms with Crippen LogP contribution in [0.15, 0.2) is 0 Å². The molecule has 1 heterocycles. The summed E-state index contributed by atoms with van der Waals surface area (Å²) in [6.45, 7) is 13.1. The van der Waals surface area contributed by atoms with Gasteiger partial charge < -0.3 is 9.64 Å². The fourth-order valence-electron chi connectivity index (χ4n) is 2.48. The third-order valence-corrected chi connectivity index (χ3v) is 6.06. The quantitative estimate of drug-likeness (QED) is 0.646. The van der Waals surface area contributed by atoms with Crippen LogP contribution in [0.3, 0.4) is 0 Å². The number of likely N-dealkylation sites (N-methyl/N-ethyl adjacent to an activating group) is 1. The maximum Gasteiger partial charge on any atom is 0.219 e. The molecule has 0 amide bonds. The number of ether oxygens (including phenoxy) is 1. The Morgan fingerprint density at radius 1 is 1.20 bits per heavy atom. The summed E-state index contributed by atoms with van der Waals surface area (Å²) < 4.78 is 32.3. The Balaban J connectivity index is 2.72. The first kappa shape index (κ1) is 17.9. The van der Waals surface area contributed by atoms with Crippen LogP contribution in [0.4, 0.5) is 0 Å². The molecule has 0 aliphatic carbocycles. The molecule has 1 saturated heterocycles.